The Kier molecular flexibility index (Phi) is 6.40. The molecule has 8 heteroatoms. The predicted molar refractivity (Wildman–Crippen MR) is 82.8 cm³/mol. The molecule has 1 aliphatic heterocycles. The van der Waals surface area contributed by atoms with Crippen LogP contribution < -0.4 is 10.6 Å². The first-order valence-electron chi connectivity index (χ1n) is 7.60. The van der Waals surface area contributed by atoms with Crippen molar-refractivity contribution in [2.45, 2.75) is 44.3 Å². The highest BCUT2D eigenvalue weighted by molar-refractivity contribution is 5.85. The molecule has 0 spiro atoms. The van der Waals surface area contributed by atoms with Crippen LogP contribution in [-0.2, 0) is 11.3 Å². The van der Waals surface area contributed by atoms with Crippen LogP contribution in [-0.4, -0.2) is 48.0 Å². The van der Waals surface area contributed by atoms with Gasteiger partial charge in [0.05, 0.1) is 25.1 Å². The van der Waals surface area contributed by atoms with Crippen molar-refractivity contribution in [2.75, 3.05) is 25.1 Å². The number of hydrogen-bond acceptors (Lipinski definition) is 4. The average Bonchev–Trinajstić information content (AvgIpc) is 3.09. The van der Waals surface area contributed by atoms with Gasteiger partial charge in [0.1, 0.15) is 6.54 Å². The van der Waals surface area contributed by atoms with E-state index < -0.39 is 6.43 Å². The Morgan fingerprint density at radius 3 is 3.05 bits per heavy atom. The Bertz CT molecular complexity index is 454. The van der Waals surface area contributed by atoms with Crippen LogP contribution in [0.2, 0.25) is 0 Å². The number of rotatable bonds is 5. The van der Waals surface area contributed by atoms with Crippen LogP contribution >= 0.6 is 12.4 Å². The lowest BCUT2D eigenvalue weighted by Crippen LogP contribution is -2.49. The summed E-state index contributed by atoms with van der Waals surface area (Å²) in [6.45, 7) is 2.09. The molecule has 22 heavy (non-hydrogen) atoms. The number of morpholine rings is 1. The molecule has 1 saturated heterocycles. The molecular weight excluding hydrogens is 314 g/mol. The number of alkyl halides is 2. The molecule has 126 valence electrons. The van der Waals surface area contributed by atoms with Gasteiger partial charge in [0.2, 0.25) is 0 Å². The van der Waals surface area contributed by atoms with Crippen molar-refractivity contribution in [1.29, 1.82) is 0 Å². The van der Waals surface area contributed by atoms with Crippen molar-refractivity contribution in [3.8, 4) is 0 Å². The fourth-order valence-electron chi connectivity index (χ4n) is 3.40. The number of anilines is 1. The molecule has 1 aromatic rings. The van der Waals surface area contributed by atoms with E-state index >= 15 is 0 Å². The molecule has 0 radical (unpaired) electrons. The highest BCUT2D eigenvalue weighted by atomic mass is 35.5. The summed E-state index contributed by atoms with van der Waals surface area (Å²) < 4.78 is 31.5. The van der Waals surface area contributed by atoms with E-state index in [0.29, 0.717) is 18.0 Å². The van der Waals surface area contributed by atoms with Crippen LogP contribution in [0.4, 0.5) is 14.5 Å². The lowest BCUT2D eigenvalue weighted by molar-refractivity contribution is 0.0559. The second-order valence-corrected chi connectivity index (χ2v) is 5.82. The Balaban J connectivity index is 0.00000176. The van der Waals surface area contributed by atoms with E-state index in [-0.39, 0.29) is 19.0 Å². The summed E-state index contributed by atoms with van der Waals surface area (Å²) in [5.74, 6) is 0.517. The maximum Gasteiger partial charge on any atom is 0.257 e. The molecule has 3 unspecified atom stereocenters. The minimum absolute atomic E-state index is 0. The largest absolute Gasteiger partial charge is 0.379 e. The van der Waals surface area contributed by atoms with Crippen LogP contribution in [0.5, 0.6) is 0 Å². The Morgan fingerprint density at radius 2 is 2.32 bits per heavy atom. The zero-order chi connectivity index (χ0) is 14.7. The molecule has 3 atom stereocenters. The van der Waals surface area contributed by atoms with Gasteiger partial charge >= 0.3 is 0 Å². The molecule has 2 N–H and O–H groups in total. The highest BCUT2D eigenvalue weighted by Crippen LogP contribution is 2.31. The molecule has 1 saturated carbocycles. The van der Waals surface area contributed by atoms with Crippen molar-refractivity contribution in [3.05, 3.63) is 12.4 Å². The van der Waals surface area contributed by atoms with Crippen molar-refractivity contribution in [3.63, 3.8) is 0 Å². The topological polar surface area (TPSA) is 51.1 Å². The van der Waals surface area contributed by atoms with Gasteiger partial charge in [0, 0.05) is 24.8 Å². The van der Waals surface area contributed by atoms with Crippen molar-refractivity contribution < 1.29 is 13.5 Å². The van der Waals surface area contributed by atoms with Gasteiger partial charge in [0.25, 0.3) is 6.43 Å². The Hall–Kier alpha value is -0.920. The van der Waals surface area contributed by atoms with Crippen molar-refractivity contribution in [1.82, 2.24) is 15.1 Å². The molecule has 2 heterocycles. The number of aromatic nitrogens is 2. The number of hydrogen-bond donors (Lipinski definition) is 2. The van der Waals surface area contributed by atoms with Crippen LogP contribution in [0, 0.1) is 5.92 Å². The second-order valence-electron chi connectivity index (χ2n) is 5.82. The van der Waals surface area contributed by atoms with Gasteiger partial charge in [-0.3, -0.25) is 4.68 Å². The monoisotopic (exact) mass is 336 g/mol. The molecule has 2 aliphatic rings. The summed E-state index contributed by atoms with van der Waals surface area (Å²) in [6, 6.07) is 0.739. The molecule has 0 bridgehead atoms. The lowest BCUT2D eigenvalue weighted by atomic mass is 9.94. The van der Waals surface area contributed by atoms with E-state index in [0.717, 1.165) is 31.9 Å². The highest BCUT2D eigenvalue weighted by Gasteiger charge is 2.34. The van der Waals surface area contributed by atoms with E-state index in [4.69, 9.17) is 4.74 Å². The third-order valence-electron chi connectivity index (χ3n) is 4.35. The average molecular weight is 337 g/mol. The van der Waals surface area contributed by atoms with Gasteiger partial charge in [-0.2, -0.15) is 5.10 Å². The minimum Gasteiger partial charge on any atom is -0.379 e. The minimum atomic E-state index is -2.37. The van der Waals surface area contributed by atoms with Gasteiger partial charge in [-0.15, -0.1) is 12.4 Å². The van der Waals surface area contributed by atoms with E-state index in [2.05, 4.69) is 15.7 Å². The van der Waals surface area contributed by atoms with E-state index in [1.165, 1.54) is 17.5 Å². The van der Waals surface area contributed by atoms with Crippen LogP contribution in [0.1, 0.15) is 19.3 Å². The van der Waals surface area contributed by atoms with E-state index in [1.54, 1.807) is 12.4 Å². The molecule has 3 rings (SSSR count). The lowest BCUT2D eigenvalue weighted by Gasteiger charge is -2.33. The van der Waals surface area contributed by atoms with E-state index in [1.807, 2.05) is 0 Å². The zero-order valence-electron chi connectivity index (χ0n) is 12.4. The number of ether oxygens (including phenoxy) is 1. The SMILES string of the molecule is Cl.FC(F)Cn1cc(NC2CCCC2C2COCCN2)cn1. The molecule has 5 nitrogen and oxygen atoms in total. The first kappa shape index (κ1) is 17.4. The number of nitrogens with one attached hydrogen (secondary N) is 2. The predicted octanol–water partition coefficient (Wildman–Crippen LogP) is 2.14. The third-order valence-corrected chi connectivity index (χ3v) is 4.35. The van der Waals surface area contributed by atoms with Crippen LogP contribution in [0.15, 0.2) is 12.4 Å². The van der Waals surface area contributed by atoms with Gasteiger partial charge in [-0.1, -0.05) is 6.42 Å². The maximum absolute atomic E-state index is 12.3. The molecule has 0 aromatic carbocycles. The summed E-state index contributed by atoms with van der Waals surface area (Å²) in [6.07, 6.45) is 4.37. The first-order valence-corrected chi connectivity index (χ1v) is 7.60. The Morgan fingerprint density at radius 1 is 1.45 bits per heavy atom. The molecular formula is C14H23ClF2N4O. The van der Waals surface area contributed by atoms with Crippen LogP contribution in [0.3, 0.4) is 0 Å². The number of halogens is 3. The molecule has 0 amide bonds. The fraction of sp³-hybridized carbons (Fsp3) is 0.786. The summed E-state index contributed by atoms with van der Waals surface area (Å²) in [5, 5.41) is 11.0. The molecule has 1 aliphatic carbocycles. The van der Waals surface area contributed by atoms with Gasteiger partial charge in [0.15, 0.2) is 0 Å². The third kappa shape index (κ3) is 4.30. The molecule has 2 fully saturated rings. The normalized spacial score (nSPS) is 28.6. The summed E-state index contributed by atoms with van der Waals surface area (Å²) in [7, 11) is 0. The van der Waals surface area contributed by atoms with Crippen LogP contribution in [0.25, 0.3) is 0 Å². The standard InChI is InChI=1S/C14H22F2N4O.ClH/c15-14(16)8-20-7-10(6-18-20)19-12-3-1-2-11(12)13-9-21-5-4-17-13;/h6-7,11-14,17,19H,1-5,8-9H2;1H. The second kappa shape index (κ2) is 8.08. The van der Waals surface area contributed by atoms with E-state index in [9.17, 15) is 8.78 Å². The quantitative estimate of drug-likeness (QED) is 0.865. The van der Waals surface area contributed by atoms with Crippen molar-refractivity contribution >= 4 is 18.1 Å². The summed E-state index contributed by atoms with van der Waals surface area (Å²) in [4.78, 5) is 0. The zero-order valence-corrected chi connectivity index (χ0v) is 13.2. The Labute approximate surface area is 135 Å². The smallest absolute Gasteiger partial charge is 0.257 e. The molecule has 1 aromatic heterocycles. The fourth-order valence-corrected chi connectivity index (χ4v) is 3.40. The van der Waals surface area contributed by atoms with Gasteiger partial charge < -0.3 is 15.4 Å². The summed E-state index contributed by atoms with van der Waals surface area (Å²) >= 11 is 0. The first-order chi connectivity index (χ1) is 10.2. The van der Waals surface area contributed by atoms with Gasteiger partial charge in [-0.25, -0.2) is 8.78 Å². The maximum atomic E-state index is 12.3. The van der Waals surface area contributed by atoms with Crippen molar-refractivity contribution in [2.24, 2.45) is 5.92 Å². The van der Waals surface area contributed by atoms with Gasteiger partial charge in [-0.05, 0) is 18.8 Å². The summed E-state index contributed by atoms with van der Waals surface area (Å²) in [5.41, 5.74) is 0.823. The number of nitrogens with zero attached hydrogens (tertiary/aromatic N) is 2.